The highest BCUT2D eigenvalue weighted by molar-refractivity contribution is 5.73. The second-order valence-corrected chi connectivity index (χ2v) is 4.66. The van der Waals surface area contributed by atoms with Crippen LogP contribution in [0.5, 0.6) is 5.75 Å². The van der Waals surface area contributed by atoms with Crippen molar-refractivity contribution in [1.82, 2.24) is 10.6 Å². The zero-order valence-corrected chi connectivity index (χ0v) is 12.1. The van der Waals surface area contributed by atoms with Crippen LogP contribution in [0.15, 0.2) is 54.6 Å². The zero-order valence-electron chi connectivity index (χ0n) is 12.1. The summed E-state index contributed by atoms with van der Waals surface area (Å²) >= 11 is 0. The maximum absolute atomic E-state index is 11.7. The van der Waals surface area contributed by atoms with Gasteiger partial charge in [0.2, 0.25) is 0 Å². The van der Waals surface area contributed by atoms with Crippen molar-refractivity contribution in [2.24, 2.45) is 0 Å². The molecule has 0 aromatic heterocycles. The number of ether oxygens (including phenoxy) is 1. The molecular formula is C17H20N2O2. The molecule has 0 bridgehead atoms. The number of benzene rings is 2. The van der Waals surface area contributed by atoms with E-state index in [1.54, 1.807) is 7.11 Å². The minimum atomic E-state index is -0.170. The lowest BCUT2D eigenvalue weighted by Gasteiger charge is -2.10. The third-order valence-electron chi connectivity index (χ3n) is 3.17. The summed E-state index contributed by atoms with van der Waals surface area (Å²) in [5, 5.41) is 5.68. The van der Waals surface area contributed by atoms with Gasteiger partial charge in [0.15, 0.2) is 0 Å². The van der Waals surface area contributed by atoms with Crippen LogP contribution in [0.3, 0.4) is 0 Å². The first-order valence-electron chi connectivity index (χ1n) is 6.97. The van der Waals surface area contributed by atoms with E-state index < -0.39 is 0 Å². The third-order valence-corrected chi connectivity index (χ3v) is 3.17. The highest BCUT2D eigenvalue weighted by Gasteiger charge is 2.04. The number of carbonyl (C=O) groups excluding carboxylic acids is 1. The van der Waals surface area contributed by atoms with Crippen LogP contribution in [0.1, 0.15) is 11.1 Å². The fourth-order valence-electron chi connectivity index (χ4n) is 2.05. The van der Waals surface area contributed by atoms with Crippen LogP contribution in [-0.4, -0.2) is 19.7 Å². The van der Waals surface area contributed by atoms with Crippen LogP contribution in [0.2, 0.25) is 0 Å². The number of hydrogen-bond donors (Lipinski definition) is 2. The van der Waals surface area contributed by atoms with Crippen LogP contribution in [-0.2, 0) is 13.0 Å². The fourth-order valence-corrected chi connectivity index (χ4v) is 2.05. The summed E-state index contributed by atoms with van der Waals surface area (Å²) in [6, 6.07) is 17.5. The summed E-state index contributed by atoms with van der Waals surface area (Å²) < 4.78 is 5.24. The Bertz CT molecular complexity index is 570. The highest BCUT2D eigenvalue weighted by atomic mass is 16.5. The molecule has 2 rings (SSSR count). The predicted molar refractivity (Wildman–Crippen MR) is 83.4 cm³/mol. The van der Waals surface area contributed by atoms with Crippen molar-refractivity contribution in [3.8, 4) is 5.75 Å². The fraction of sp³-hybridized carbons (Fsp3) is 0.235. The quantitative estimate of drug-likeness (QED) is 0.857. The Morgan fingerprint density at radius 2 is 1.71 bits per heavy atom. The molecule has 4 nitrogen and oxygen atoms in total. The van der Waals surface area contributed by atoms with Gasteiger partial charge >= 0.3 is 6.03 Å². The van der Waals surface area contributed by atoms with Gasteiger partial charge in [0.25, 0.3) is 0 Å². The van der Waals surface area contributed by atoms with E-state index in [1.165, 1.54) is 5.56 Å². The van der Waals surface area contributed by atoms with Gasteiger partial charge in [0.1, 0.15) is 5.75 Å². The molecule has 21 heavy (non-hydrogen) atoms. The average Bonchev–Trinajstić information content (AvgIpc) is 2.54. The monoisotopic (exact) mass is 284 g/mol. The van der Waals surface area contributed by atoms with Crippen molar-refractivity contribution >= 4 is 6.03 Å². The van der Waals surface area contributed by atoms with Crippen LogP contribution in [0, 0.1) is 0 Å². The number of carbonyl (C=O) groups is 1. The van der Waals surface area contributed by atoms with Gasteiger partial charge < -0.3 is 15.4 Å². The second-order valence-electron chi connectivity index (χ2n) is 4.66. The predicted octanol–water partition coefficient (Wildman–Crippen LogP) is 2.74. The topological polar surface area (TPSA) is 50.4 Å². The first-order chi connectivity index (χ1) is 10.3. The molecule has 0 spiro atoms. The second kappa shape index (κ2) is 7.94. The number of para-hydroxylation sites is 1. The number of urea groups is 1. The van der Waals surface area contributed by atoms with Crippen LogP contribution in [0.4, 0.5) is 4.79 Å². The highest BCUT2D eigenvalue weighted by Crippen LogP contribution is 2.16. The molecule has 0 fully saturated rings. The standard InChI is InChI=1S/C17H20N2O2/c1-21-16-10-6-5-9-15(16)13-19-17(20)18-12-11-14-7-3-2-4-8-14/h2-10H,11-13H2,1H3,(H2,18,19,20). The lowest BCUT2D eigenvalue weighted by molar-refractivity contribution is 0.240. The minimum absolute atomic E-state index is 0.170. The molecule has 4 heteroatoms. The average molecular weight is 284 g/mol. The minimum Gasteiger partial charge on any atom is -0.496 e. The van der Waals surface area contributed by atoms with Crippen molar-refractivity contribution < 1.29 is 9.53 Å². The lowest BCUT2D eigenvalue weighted by Crippen LogP contribution is -2.36. The first kappa shape index (κ1) is 14.9. The van der Waals surface area contributed by atoms with E-state index in [0.717, 1.165) is 17.7 Å². The Morgan fingerprint density at radius 1 is 1.00 bits per heavy atom. The summed E-state index contributed by atoms with van der Waals surface area (Å²) in [6.07, 6.45) is 0.822. The molecule has 2 aromatic carbocycles. The Labute approximate surface area is 125 Å². The Hall–Kier alpha value is -2.49. The van der Waals surface area contributed by atoms with Gasteiger partial charge in [-0.05, 0) is 18.1 Å². The number of hydrogen-bond acceptors (Lipinski definition) is 2. The van der Waals surface area contributed by atoms with Crippen molar-refractivity contribution in [3.05, 3.63) is 65.7 Å². The van der Waals surface area contributed by atoms with E-state index in [-0.39, 0.29) is 6.03 Å². The van der Waals surface area contributed by atoms with Crippen molar-refractivity contribution in [2.75, 3.05) is 13.7 Å². The summed E-state index contributed by atoms with van der Waals surface area (Å²) in [6.45, 7) is 1.06. The van der Waals surface area contributed by atoms with Gasteiger partial charge in [0, 0.05) is 18.7 Å². The molecule has 0 atom stereocenters. The molecule has 0 radical (unpaired) electrons. The number of rotatable bonds is 6. The van der Waals surface area contributed by atoms with E-state index >= 15 is 0 Å². The molecule has 110 valence electrons. The van der Waals surface area contributed by atoms with E-state index in [1.807, 2.05) is 42.5 Å². The SMILES string of the molecule is COc1ccccc1CNC(=O)NCCc1ccccc1. The molecule has 2 aromatic rings. The Balaban J connectivity index is 1.72. The van der Waals surface area contributed by atoms with E-state index in [9.17, 15) is 4.79 Å². The molecule has 2 N–H and O–H groups in total. The van der Waals surface area contributed by atoms with Gasteiger partial charge in [0.05, 0.1) is 7.11 Å². The van der Waals surface area contributed by atoms with Gasteiger partial charge in [-0.25, -0.2) is 4.79 Å². The zero-order chi connectivity index (χ0) is 14.9. The van der Waals surface area contributed by atoms with Crippen molar-refractivity contribution in [1.29, 1.82) is 0 Å². The van der Waals surface area contributed by atoms with E-state index in [2.05, 4.69) is 22.8 Å². The normalized spacial score (nSPS) is 9.95. The van der Waals surface area contributed by atoms with Gasteiger partial charge in [-0.15, -0.1) is 0 Å². The number of nitrogens with one attached hydrogen (secondary N) is 2. The van der Waals surface area contributed by atoms with E-state index in [4.69, 9.17) is 4.74 Å². The largest absolute Gasteiger partial charge is 0.496 e. The van der Waals surface area contributed by atoms with Crippen LogP contribution >= 0.6 is 0 Å². The summed E-state index contributed by atoms with van der Waals surface area (Å²) in [5.74, 6) is 0.780. The molecule has 0 heterocycles. The summed E-state index contributed by atoms with van der Waals surface area (Å²) in [7, 11) is 1.62. The third kappa shape index (κ3) is 4.84. The van der Waals surface area contributed by atoms with Gasteiger partial charge in [-0.3, -0.25) is 0 Å². The smallest absolute Gasteiger partial charge is 0.315 e. The number of amides is 2. The molecule has 2 amide bonds. The van der Waals surface area contributed by atoms with E-state index in [0.29, 0.717) is 13.1 Å². The van der Waals surface area contributed by atoms with Crippen LogP contribution < -0.4 is 15.4 Å². The molecule has 0 aliphatic carbocycles. The molecule has 0 aliphatic heterocycles. The Kier molecular flexibility index (Phi) is 5.64. The summed E-state index contributed by atoms with van der Waals surface area (Å²) in [5.41, 5.74) is 2.17. The van der Waals surface area contributed by atoms with Gasteiger partial charge in [-0.1, -0.05) is 48.5 Å². The first-order valence-corrected chi connectivity index (χ1v) is 6.97. The lowest BCUT2D eigenvalue weighted by atomic mass is 10.1. The molecule has 0 aliphatic rings. The summed E-state index contributed by atoms with van der Waals surface area (Å²) in [4.78, 5) is 11.7. The molecule has 0 saturated carbocycles. The molecule has 0 unspecified atom stereocenters. The molecule has 0 saturated heterocycles. The maximum atomic E-state index is 11.7. The van der Waals surface area contributed by atoms with Gasteiger partial charge in [-0.2, -0.15) is 0 Å². The van der Waals surface area contributed by atoms with Crippen LogP contribution in [0.25, 0.3) is 0 Å². The van der Waals surface area contributed by atoms with Crippen molar-refractivity contribution in [2.45, 2.75) is 13.0 Å². The van der Waals surface area contributed by atoms with Crippen molar-refractivity contribution in [3.63, 3.8) is 0 Å². The molecular weight excluding hydrogens is 264 g/mol. The Morgan fingerprint density at radius 3 is 2.48 bits per heavy atom. The number of methoxy groups -OCH3 is 1. The maximum Gasteiger partial charge on any atom is 0.315 e.